The first kappa shape index (κ1) is 14.5. The van der Waals surface area contributed by atoms with Crippen molar-refractivity contribution in [2.75, 3.05) is 26.2 Å². The molecule has 108 valence electrons. The maximum absolute atomic E-state index is 13.1. The van der Waals surface area contributed by atoms with Gasteiger partial charge in [-0.25, -0.2) is 4.39 Å². The molecular weight excluding hydrogens is 261 g/mol. The van der Waals surface area contributed by atoms with E-state index in [1.807, 2.05) is 0 Å². The second-order valence-corrected chi connectivity index (χ2v) is 4.92. The van der Waals surface area contributed by atoms with Crippen molar-refractivity contribution in [3.05, 3.63) is 35.6 Å². The van der Waals surface area contributed by atoms with Gasteiger partial charge in [0.25, 0.3) is 5.91 Å². The van der Waals surface area contributed by atoms with Crippen molar-refractivity contribution in [2.24, 2.45) is 5.73 Å². The lowest BCUT2D eigenvalue weighted by Gasteiger charge is -2.35. The van der Waals surface area contributed by atoms with E-state index in [0.717, 1.165) is 0 Å². The molecule has 0 bridgehead atoms. The fourth-order valence-corrected chi connectivity index (χ4v) is 2.22. The molecule has 1 saturated heterocycles. The highest BCUT2D eigenvalue weighted by atomic mass is 19.1. The van der Waals surface area contributed by atoms with Gasteiger partial charge in [-0.05, 0) is 25.1 Å². The lowest BCUT2D eigenvalue weighted by Crippen LogP contribution is -2.53. The smallest absolute Gasteiger partial charge is 0.254 e. The quantitative estimate of drug-likeness (QED) is 0.855. The zero-order valence-electron chi connectivity index (χ0n) is 11.4. The van der Waals surface area contributed by atoms with Crippen LogP contribution in [-0.4, -0.2) is 53.8 Å². The fourth-order valence-electron chi connectivity index (χ4n) is 2.22. The lowest BCUT2D eigenvalue weighted by molar-refractivity contribution is -0.133. The van der Waals surface area contributed by atoms with Gasteiger partial charge in [0.2, 0.25) is 5.91 Å². The Hall–Kier alpha value is -1.95. The second kappa shape index (κ2) is 6.00. The molecule has 0 spiro atoms. The molecule has 5 nitrogen and oxygen atoms in total. The Morgan fingerprint density at radius 1 is 1.20 bits per heavy atom. The summed E-state index contributed by atoms with van der Waals surface area (Å²) in [7, 11) is 0. The van der Waals surface area contributed by atoms with E-state index in [9.17, 15) is 14.0 Å². The van der Waals surface area contributed by atoms with Crippen LogP contribution in [0.3, 0.4) is 0 Å². The number of hydrogen-bond acceptors (Lipinski definition) is 3. The van der Waals surface area contributed by atoms with E-state index in [1.165, 1.54) is 18.2 Å². The normalized spacial score (nSPS) is 16.9. The Balaban J connectivity index is 1.97. The highest BCUT2D eigenvalue weighted by Crippen LogP contribution is 2.10. The molecule has 0 aliphatic carbocycles. The third-order valence-electron chi connectivity index (χ3n) is 3.34. The van der Waals surface area contributed by atoms with E-state index in [2.05, 4.69) is 0 Å². The zero-order chi connectivity index (χ0) is 14.7. The number of piperazine rings is 1. The second-order valence-electron chi connectivity index (χ2n) is 4.92. The summed E-state index contributed by atoms with van der Waals surface area (Å²) in [5.74, 6) is -0.748. The molecule has 1 atom stereocenters. The molecule has 20 heavy (non-hydrogen) atoms. The molecule has 2 N–H and O–H groups in total. The van der Waals surface area contributed by atoms with Crippen molar-refractivity contribution in [3.63, 3.8) is 0 Å². The number of nitrogens with zero attached hydrogens (tertiary/aromatic N) is 2. The summed E-state index contributed by atoms with van der Waals surface area (Å²) in [6.07, 6.45) is 0. The molecular formula is C14H18FN3O2. The number of nitrogens with two attached hydrogens (primary N) is 1. The number of hydrogen-bond donors (Lipinski definition) is 1. The molecule has 1 aromatic carbocycles. The van der Waals surface area contributed by atoms with Gasteiger partial charge >= 0.3 is 0 Å². The van der Waals surface area contributed by atoms with Crippen LogP contribution in [-0.2, 0) is 4.79 Å². The first-order valence-electron chi connectivity index (χ1n) is 6.58. The summed E-state index contributed by atoms with van der Waals surface area (Å²) in [5, 5.41) is 0. The predicted octanol–water partition coefficient (Wildman–Crippen LogP) is 0.457. The van der Waals surface area contributed by atoms with Crippen LogP contribution in [0.15, 0.2) is 24.3 Å². The Labute approximate surface area is 117 Å². The Morgan fingerprint density at radius 2 is 1.80 bits per heavy atom. The van der Waals surface area contributed by atoms with Crippen LogP contribution in [0.1, 0.15) is 17.3 Å². The number of rotatable bonds is 2. The van der Waals surface area contributed by atoms with E-state index in [0.29, 0.717) is 31.7 Å². The van der Waals surface area contributed by atoms with Crippen LogP contribution < -0.4 is 5.73 Å². The van der Waals surface area contributed by atoms with Gasteiger partial charge < -0.3 is 15.5 Å². The fraction of sp³-hybridized carbons (Fsp3) is 0.429. The van der Waals surface area contributed by atoms with Crippen LogP contribution in [0, 0.1) is 5.82 Å². The molecule has 2 rings (SSSR count). The monoisotopic (exact) mass is 279 g/mol. The number of halogens is 1. The summed E-state index contributed by atoms with van der Waals surface area (Å²) in [6.45, 7) is 3.44. The van der Waals surface area contributed by atoms with Crippen LogP contribution in [0.5, 0.6) is 0 Å². The van der Waals surface area contributed by atoms with E-state index < -0.39 is 11.9 Å². The zero-order valence-corrected chi connectivity index (χ0v) is 11.4. The Morgan fingerprint density at radius 3 is 2.35 bits per heavy atom. The first-order valence-corrected chi connectivity index (χ1v) is 6.58. The van der Waals surface area contributed by atoms with Crippen molar-refractivity contribution in [3.8, 4) is 0 Å². The van der Waals surface area contributed by atoms with E-state index in [1.54, 1.807) is 22.8 Å². The van der Waals surface area contributed by atoms with Gasteiger partial charge in [0.05, 0.1) is 6.04 Å². The largest absolute Gasteiger partial charge is 0.338 e. The minimum Gasteiger partial charge on any atom is -0.338 e. The van der Waals surface area contributed by atoms with Gasteiger partial charge in [0, 0.05) is 31.7 Å². The summed E-state index contributed by atoms with van der Waals surface area (Å²) in [6, 6.07) is 5.10. The van der Waals surface area contributed by atoms with Gasteiger partial charge in [0.1, 0.15) is 5.82 Å². The van der Waals surface area contributed by atoms with Gasteiger partial charge in [0.15, 0.2) is 0 Å². The molecule has 0 radical (unpaired) electrons. The van der Waals surface area contributed by atoms with Gasteiger partial charge in [-0.3, -0.25) is 9.59 Å². The summed E-state index contributed by atoms with van der Waals surface area (Å²) < 4.78 is 13.1. The molecule has 0 saturated carbocycles. The minimum absolute atomic E-state index is 0.108. The highest BCUT2D eigenvalue weighted by Gasteiger charge is 2.26. The molecule has 1 heterocycles. The van der Waals surface area contributed by atoms with Crippen molar-refractivity contribution in [1.29, 1.82) is 0 Å². The van der Waals surface area contributed by atoms with E-state index in [-0.39, 0.29) is 11.8 Å². The first-order chi connectivity index (χ1) is 9.49. The van der Waals surface area contributed by atoms with Crippen molar-refractivity contribution >= 4 is 11.8 Å². The van der Waals surface area contributed by atoms with Crippen LogP contribution in [0.25, 0.3) is 0 Å². The van der Waals surface area contributed by atoms with E-state index in [4.69, 9.17) is 5.73 Å². The Bertz CT molecular complexity index is 511. The molecule has 2 amide bonds. The number of carbonyl (C=O) groups excluding carboxylic acids is 2. The SMILES string of the molecule is CC(N)C(=O)N1CCN(C(=O)c2cccc(F)c2)CC1. The topological polar surface area (TPSA) is 66.6 Å². The molecule has 1 aliphatic rings. The van der Waals surface area contributed by atoms with E-state index >= 15 is 0 Å². The lowest BCUT2D eigenvalue weighted by atomic mass is 10.1. The summed E-state index contributed by atoms with van der Waals surface area (Å²) in [5.41, 5.74) is 5.89. The molecule has 1 aromatic rings. The van der Waals surface area contributed by atoms with Crippen LogP contribution in [0.2, 0.25) is 0 Å². The summed E-state index contributed by atoms with van der Waals surface area (Å²) >= 11 is 0. The molecule has 6 heteroatoms. The van der Waals surface area contributed by atoms with Gasteiger partial charge in [-0.1, -0.05) is 6.07 Å². The van der Waals surface area contributed by atoms with Gasteiger partial charge in [-0.2, -0.15) is 0 Å². The standard InChI is InChI=1S/C14H18FN3O2/c1-10(16)13(19)17-5-7-18(8-6-17)14(20)11-3-2-4-12(15)9-11/h2-4,9-10H,5-8,16H2,1H3. The molecule has 1 fully saturated rings. The van der Waals surface area contributed by atoms with Gasteiger partial charge in [-0.15, -0.1) is 0 Å². The van der Waals surface area contributed by atoms with Crippen molar-refractivity contribution in [1.82, 2.24) is 9.80 Å². The maximum Gasteiger partial charge on any atom is 0.254 e. The highest BCUT2D eigenvalue weighted by molar-refractivity contribution is 5.94. The minimum atomic E-state index is -0.527. The van der Waals surface area contributed by atoms with Crippen LogP contribution >= 0.6 is 0 Å². The predicted molar refractivity (Wildman–Crippen MR) is 72.5 cm³/mol. The number of carbonyl (C=O) groups is 2. The maximum atomic E-state index is 13.1. The van der Waals surface area contributed by atoms with Crippen molar-refractivity contribution in [2.45, 2.75) is 13.0 Å². The average molecular weight is 279 g/mol. The third-order valence-corrected chi connectivity index (χ3v) is 3.34. The third kappa shape index (κ3) is 3.14. The summed E-state index contributed by atoms with van der Waals surface area (Å²) in [4.78, 5) is 27.2. The van der Waals surface area contributed by atoms with Crippen LogP contribution in [0.4, 0.5) is 4.39 Å². The molecule has 0 aromatic heterocycles. The van der Waals surface area contributed by atoms with Crippen molar-refractivity contribution < 1.29 is 14.0 Å². The number of benzene rings is 1. The average Bonchev–Trinajstić information content (AvgIpc) is 2.46. The Kier molecular flexibility index (Phi) is 4.34. The number of amides is 2. The molecule has 1 unspecified atom stereocenters. The molecule has 1 aliphatic heterocycles.